The van der Waals surface area contributed by atoms with Gasteiger partial charge in [-0.15, -0.1) is 5.92 Å². The minimum atomic E-state index is -0.267. The number of carbonyl (C=O) groups excluding carboxylic acids is 2. The molecule has 0 amide bonds. The Balaban J connectivity index is 3.34. The van der Waals surface area contributed by atoms with Gasteiger partial charge in [-0.1, -0.05) is 116 Å². The number of carbonyl (C=O) groups is 2. The first kappa shape index (κ1) is 32.5. The number of rotatable bonds is 24. The number of unbranched alkanes of at least 4 members (excludes halogenated alkanes) is 16. The van der Waals surface area contributed by atoms with Gasteiger partial charge in [0, 0.05) is 12.8 Å². The molecule has 1 unspecified atom stereocenters. The monoisotopic (exact) mass is 478 g/mol. The summed E-state index contributed by atoms with van der Waals surface area (Å²) in [4.78, 5) is 23.6. The predicted molar refractivity (Wildman–Crippen MR) is 143 cm³/mol. The van der Waals surface area contributed by atoms with Gasteiger partial charge in [0.1, 0.15) is 0 Å². The third-order valence-corrected chi connectivity index (χ3v) is 6.22. The van der Waals surface area contributed by atoms with Crippen molar-refractivity contribution in [3.63, 3.8) is 0 Å². The second-order valence-electron chi connectivity index (χ2n) is 9.51. The van der Waals surface area contributed by atoms with Crippen LogP contribution in [0.2, 0.25) is 0 Å². The summed E-state index contributed by atoms with van der Waals surface area (Å²) < 4.78 is 10.7. The van der Waals surface area contributed by atoms with E-state index in [4.69, 9.17) is 9.47 Å². The van der Waals surface area contributed by atoms with Crippen LogP contribution in [0.15, 0.2) is 0 Å². The fourth-order valence-electron chi connectivity index (χ4n) is 4.04. The fourth-order valence-corrected chi connectivity index (χ4v) is 4.04. The first-order valence-electron chi connectivity index (χ1n) is 14.4. The molecule has 0 heterocycles. The van der Waals surface area contributed by atoms with Crippen LogP contribution in [-0.4, -0.2) is 24.6 Å². The van der Waals surface area contributed by atoms with Crippen LogP contribution in [0.1, 0.15) is 156 Å². The van der Waals surface area contributed by atoms with Gasteiger partial charge >= 0.3 is 11.9 Å². The van der Waals surface area contributed by atoms with Crippen LogP contribution in [0.3, 0.4) is 0 Å². The quantitative estimate of drug-likeness (QED) is 0.0790. The highest BCUT2D eigenvalue weighted by Gasteiger charge is 2.09. The summed E-state index contributed by atoms with van der Waals surface area (Å²) in [6.07, 6.45) is 23.3. The van der Waals surface area contributed by atoms with Crippen molar-refractivity contribution in [2.45, 2.75) is 162 Å². The molecule has 198 valence electrons. The molecule has 0 rings (SSSR count). The minimum Gasteiger partial charge on any atom is -0.466 e. The lowest BCUT2D eigenvalue weighted by atomic mass is 10.1. The Hall–Kier alpha value is -1.50. The minimum absolute atomic E-state index is 0.0496. The lowest BCUT2D eigenvalue weighted by Gasteiger charge is -2.10. The van der Waals surface area contributed by atoms with E-state index in [0.29, 0.717) is 19.4 Å². The summed E-state index contributed by atoms with van der Waals surface area (Å²) in [5.41, 5.74) is 0. The summed E-state index contributed by atoms with van der Waals surface area (Å²) in [6, 6.07) is 0. The zero-order valence-corrected chi connectivity index (χ0v) is 22.8. The van der Waals surface area contributed by atoms with Crippen LogP contribution >= 0.6 is 0 Å². The largest absolute Gasteiger partial charge is 0.466 e. The molecule has 0 radical (unpaired) electrons. The lowest BCUT2D eigenvalue weighted by Crippen LogP contribution is -2.15. The Morgan fingerprint density at radius 1 is 0.618 bits per heavy atom. The summed E-state index contributed by atoms with van der Waals surface area (Å²) in [6.45, 7) is 6.57. The van der Waals surface area contributed by atoms with Gasteiger partial charge in [-0.3, -0.25) is 9.59 Å². The van der Waals surface area contributed by atoms with Crippen molar-refractivity contribution < 1.29 is 19.1 Å². The fraction of sp³-hybridized carbons (Fsp3) is 0.867. The molecule has 0 spiro atoms. The molecule has 0 aliphatic rings. The maximum atomic E-state index is 11.8. The highest BCUT2D eigenvalue weighted by atomic mass is 16.5. The van der Waals surface area contributed by atoms with Crippen LogP contribution < -0.4 is 0 Å². The molecule has 4 heteroatoms. The summed E-state index contributed by atoms with van der Waals surface area (Å²) in [7, 11) is 0. The van der Waals surface area contributed by atoms with Gasteiger partial charge < -0.3 is 9.47 Å². The highest BCUT2D eigenvalue weighted by Crippen LogP contribution is 2.13. The van der Waals surface area contributed by atoms with Crippen LogP contribution in [-0.2, 0) is 19.1 Å². The first-order valence-corrected chi connectivity index (χ1v) is 14.4. The Bertz CT molecular complexity index is 532. The second-order valence-corrected chi connectivity index (χ2v) is 9.51. The van der Waals surface area contributed by atoms with Crippen molar-refractivity contribution in [3.8, 4) is 11.8 Å². The Morgan fingerprint density at radius 2 is 1.06 bits per heavy atom. The average molecular weight is 479 g/mol. The van der Waals surface area contributed by atoms with Crippen molar-refractivity contribution in [2.24, 2.45) is 0 Å². The number of esters is 2. The van der Waals surface area contributed by atoms with Crippen molar-refractivity contribution in [2.75, 3.05) is 6.61 Å². The van der Waals surface area contributed by atoms with Crippen molar-refractivity contribution in [3.05, 3.63) is 0 Å². The van der Waals surface area contributed by atoms with Crippen molar-refractivity contribution >= 4 is 11.9 Å². The van der Waals surface area contributed by atoms with Crippen LogP contribution in [0, 0.1) is 11.8 Å². The Labute approximate surface area is 211 Å². The second kappa shape index (κ2) is 26.1. The standard InChI is InChI=1S/C30H54O4/c1-4-7-8-9-10-11-12-13-14-17-20-23-27-33-29(31)25-21-18-15-16-19-22-26-30(32)34-28(6-3)24-5-2/h28H,4,6-23,25-27H2,1-3H3. The molecular weight excluding hydrogens is 424 g/mol. The van der Waals surface area contributed by atoms with E-state index in [1.807, 2.05) is 6.92 Å². The molecule has 4 nitrogen and oxygen atoms in total. The Morgan fingerprint density at radius 3 is 1.53 bits per heavy atom. The zero-order valence-electron chi connectivity index (χ0n) is 22.8. The smallest absolute Gasteiger partial charge is 0.307 e. The summed E-state index contributed by atoms with van der Waals surface area (Å²) in [5, 5.41) is 0. The molecule has 0 aliphatic heterocycles. The number of ether oxygens (including phenoxy) is 2. The maximum Gasteiger partial charge on any atom is 0.307 e. The van der Waals surface area contributed by atoms with Crippen LogP contribution in [0.4, 0.5) is 0 Å². The molecule has 1 atom stereocenters. The molecule has 0 aromatic carbocycles. The highest BCUT2D eigenvalue weighted by molar-refractivity contribution is 5.69. The van der Waals surface area contributed by atoms with Crippen molar-refractivity contribution in [1.29, 1.82) is 0 Å². The van der Waals surface area contributed by atoms with Gasteiger partial charge in [-0.2, -0.15) is 0 Å². The molecule has 0 aliphatic carbocycles. The molecule has 0 fully saturated rings. The van der Waals surface area contributed by atoms with E-state index in [0.717, 1.165) is 51.4 Å². The van der Waals surface area contributed by atoms with Crippen molar-refractivity contribution in [1.82, 2.24) is 0 Å². The maximum absolute atomic E-state index is 11.8. The summed E-state index contributed by atoms with van der Waals surface area (Å²) >= 11 is 0. The van der Waals surface area contributed by atoms with E-state index >= 15 is 0 Å². The summed E-state index contributed by atoms with van der Waals surface area (Å²) in [5.74, 6) is 5.50. The van der Waals surface area contributed by atoms with Gasteiger partial charge in [0.05, 0.1) is 6.61 Å². The molecular formula is C30H54O4. The molecule has 34 heavy (non-hydrogen) atoms. The van der Waals surface area contributed by atoms with Gasteiger partial charge in [-0.25, -0.2) is 0 Å². The van der Waals surface area contributed by atoms with E-state index in [1.165, 1.54) is 70.6 Å². The van der Waals surface area contributed by atoms with E-state index in [-0.39, 0.29) is 18.0 Å². The molecule has 0 N–H and O–H groups in total. The molecule has 0 bridgehead atoms. The van der Waals surface area contributed by atoms with E-state index in [2.05, 4.69) is 18.8 Å². The third kappa shape index (κ3) is 23.7. The van der Waals surface area contributed by atoms with Gasteiger partial charge in [0.15, 0.2) is 6.10 Å². The van der Waals surface area contributed by atoms with Gasteiger partial charge in [0.25, 0.3) is 0 Å². The van der Waals surface area contributed by atoms with Crippen LogP contribution in [0.5, 0.6) is 0 Å². The third-order valence-electron chi connectivity index (χ3n) is 6.22. The van der Waals surface area contributed by atoms with E-state index in [9.17, 15) is 9.59 Å². The van der Waals surface area contributed by atoms with E-state index < -0.39 is 0 Å². The predicted octanol–water partition coefficient (Wildman–Crippen LogP) is 8.70. The van der Waals surface area contributed by atoms with Gasteiger partial charge in [-0.05, 0) is 32.6 Å². The Kier molecular flexibility index (Phi) is 25.0. The molecule has 0 aromatic rings. The molecule has 0 saturated heterocycles. The van der Waals surface area contributed by atoms with Crippen LogP contribution in [0.25, 0.3) is 0 Å². The first-order chi connectivity index (χ1) is 16.6. The zero-order chi connectivity index (χ0) is 25.1. The normalized spacial score (nSPS) is 11.5. The van der Waals surface area contributed by atoms with Gasteiger partial charge in [0.2, 0.25) is 0 Å². The van der Waals surface area contributed by atoms with E-state index in [1.54, 1.807) is 6.92 Å². The topological polar surface area (TPSA) is 52.6 Å². The molecule has 0 aromatic heterocycles. The number of hydrogen-bond acceptors (Lipinski definition) is 4. The average Bonchev–Trinajstić information content (AvgIpc) is 2.83. The molecule has 0 saturated carbocycles. The SMILES string of the molecule is CC#CC(CC)OC(=O)CCCCCCCCC(=O)OCCCCCCCCCCCCCC. The number of hydrogen-bond donors (Lipinski definition) is 0. The lowest BCUT2D eigenvalue weighted by molar-refractivity contribution is -0.147.